The predicted molar refractivity (Wildman–Crippen MR) is 158 cm³/mol. The van der Waals surface area contributed by atoms with E-state index in [1.807, 2.05) is 0 Å². The number of carbonyl (C=O) groups is 4. The summed E-state index contributed by atoms with van der Waals surface area (Å²) >= 11 is 0. The molecule has 0 spiro atoms. The van der Waals surface area contributed by atoms with Gasteiger partial charge in [0.1, 0.15) is 91.6 Å². The number of ether oxygens (including phenoxy) is 9. The third kappa shape index (κ3) is 9.72. The van der Waals surface area contributed by atoms with E-state index in [0.29, 0.717) is 0 Å². The number of aliphatic hydroxyl groups excluding tert-OH is 8. The summed E-state index contributed by atoms with van der Waals surface area (Å²) in [7, 11) is 0. The Kier molecular flexibility index (Phi) is 15.4. The SMILES string of the molecule is CC(C)O[C@@H]1OC(C(=O)[O-])[C@@H](O[C@@H]2OC(C(=O)[O-])[C@@H](O[C@@H]3OC(C(=O)[O-])[C@@H](O[C@@H]4OC(C(=O)[O-])[C@@H](OC(C)C)C(O)[C@@H]4O)C(CO)C3O)C(O)[C@H]2O)C(O)C1O. The molecule has 8 N–H and O–H groups in total. The second-order valence-corrected chi connectivity index (χ2v) is 13.9. The van der Waals surface area contributed by atoms with Crippen LogP contribution in [0.3, 0.4) is 0 Å². The first kappa shape index (κ1) is 45.9. The topological polar surface area (TPSA) is 405 Å². The highest BCUT2D eigenvalue weighted by Gasteiger charge is 2.56. The summed E-state index contributed by atoms with van der Waals surface area (Å²) in [5.74, 6) is -10.2. The average molecular weight is 817 g/mol. The van der Waals surface area contributed by atoms with Crippen LogP contribution in [0.5, 0.6) is 0 Å². The van der Waals surface area contributed by atoms with E-state index >= 15 is 0 Å². The summed E-state index contributed by atoms with van der Waals surface area (Å²) in [4.78, 5) is 48.2. The molecule has 20 atom stereocenters. The summed E-state index contributed by atoms with van der Waals surface area (Å²) in [5.41, 5.74) is 0. The monoisotopic (exact) mass is 816 g/mol. The molecule has 25 nitrogen and oxygen atoms in total. The zero-order valence-corrected chi connectivity index (χ0v) is 29.9. The van der Waals surface area contributed by atoms with Crippen LogP contribution in [0, 0.1) is 5.92 Å². The lowest BCUT2D eigenvalue weighted by Crippen LogP contribution is -2.69. The normalized spacial score (nSPS) is 44.8. The van der Waals surface area contributed by atoms with Crippen molar-refractivity contribution in [3.8, 4) is 0 Å². The lowest BCUT2D eigenvalue weighted by Gasteiger charge is -2.50. The van der Waals surface area contributed by atoms with Crippen molar-refractivity contribution in [2.45, 2.75) is 157 Å². The molecule has 0 aromatic rings. The van der Waals surface area contributed by atoms with Crippen molar-refractivity contribution in [1.29, 1.82) is 0 Å². The number of hydrogen-bond acceptors (Lipinski definition) is 25. The van der Waals surface area contributed by atoms with Crippen LogP contribution in [0.4, 0.5) is 0 Å². The van der Waals surface area contributed by atoms with E-state index in [1.165, 1.54) is 27.7 Å². The maximum Gasteiger partial charge on any atom is 0.187 e. The van der Waals surface area contributed by atoms with Crippen molar-refractivity contribution in [3.05, 3.63) is 0 Å². The third-order valence-corrected chi connectivity index (χ3v) is 9.20. The van der Waals surface area contributed by atoms with Gasteiger partial charge in [0.2, 0.25) is 0 Å². The number of carboxylic acids is 4. The lowest BCUT2D eigenvalue weighted by molar-refractivity contribution is -0.402. The van der Waals surface area contributed by atoms with E-state index in [9.17, 15) is 80.5 Å². The molecule has 0 radical (unpaired) electrons. The summed E-state index contributed by atoms with van der Waals surface area (Å²) in [5, 5.41) is 134. The summed E-state index contributed by atoms with van der Waals surface area (Å²) in [6, 6.07) is 0. The van der Waals surface area contributed by atoms with E-state index in [4.69, 9.17) is 42.6 Å². The second kappa shape index (κ2) is 18.9. The second-order valence-electron chi connectivity index (χ2n) is 13.9. The Hall–Kier alpha value is -2.80. The van der Waals surface area contributed by atoms with Gasteiger partial charge in [0, 0.05) is 5.92 Å². The molecule has 322 valence electrons. The molecular weight excluding hydrogens is 772 g/mol. The van der Waals surface area contributed by atoms with Crippen molar-refractivity contribution < 1.29 is 123 Å². The first-order valence-corrected chi connectivity index (χ1v) is 17.2. The minimum absolute atomic E-state index is 0.642. The van der Waals surface area contributed by atoms with Gasteiger partial charge in [-0.15, -0.1) is 0 Å². The predicted octanol–water partition coefficient (Wildman–Crippen LogP) is -11.6. The van der Waals surface area contributed by atoms with E-state index in [2.05, 4.69) is 0 Å². The highest BCUT2D eigenvalue weighted by atomic mass is 16.8. The fraction of sp³-hybridized carbons (Fsp3) is 0.871. The third-order valence-electron chi connectivity index (χ3n) is 9.20. The number of aliphatic carboxylic acids is 4. The minimum atomic E-state index is -2.53. The van der Waals surface area contributed by atoms with E-state index in [-0.39, 0.29) is 0 Å². The zero-order valence-electron chi connectivity index (χ0n) is 29.9. The Balaban J connectivity index is 1.53. The Bertz CT molecular complexity index is 1360. The van der Waals surface area contributed by atoms with Crippen LogP contribution in [0.25, 0.3) is 0 Å². The highest BCUT2D eigenvalue weighted by Crippen LogP contribution is 2.36. The summed E-state index contributed by atoms with van der Waals surface area (Å²) < 4.78 is 47.5. The molecule has 4 aliphatic rings. The Morgan fingerprint density at radius 3 is 1.14 bits per heavy atom. The fourth-order valence-corrected chi connectivity index (χ4v) is 6.53. The van der Waals surface area contributed by atoms with Crippen LogP contribution >= 0.6 is 0 Å². The molecule has 4 aliphatic heterocycles. The van der Waals surface area contributed by atoms with Crippen LogP contribution in [0.15, 0.2) is 0 Å². The number of hydrogen-bond donors (Lipinski definition) is 8. The Morgan fingerprint density at radius 2 is 0.768 bits per heavy atom. The van der Waals surface area contributed by atoms with Gasteiger partial charge in [0.15, 0.2) is 25.2 Å². The molecular formula is C31H44O25-4. The van der Waals surface area contributed by atoms with Gasteiger partial charge in [-0.25, -0.2) is 0 Å². The molecule has 0 aromatic heterocycles. The maximum atomic E-state index is 12.3. The molecule has 0 aromatic carbocycles. The quantitative estimate of drug-likeness (QED) is 0.0760. The molecule has 0 amide bonds. The molecule has 0 aliphatic carbocycles. The molecule has 4 fully saturated rings. The first-order chi connectivity index (χ1) is 26.1. The molecule has 25 heteroatoms. The summed E-state index contributed by atoms with van der Waals surface area (Å²) in [6.07, 6.45) is -43.0. The van der Waals surface area contributed by atoms with Crippen molar-refractivity contribution in [3.63, 3.8) is 0 Å². The van der Waals surface area contributed by atoms with E-state index in [0.717, 1.165) is 0 Å². The molecule has 0 bridgehead atoms. The molecule has 0 saturated carbocycles. The standard InChI is InChI=1S/C31H48O25/c1-6(2)48-17-10(34)14(38)30(55-21(17)25(42)43)50-16-8(5-32)9(33)28(53-20(16)24(40)41)51-18-12(36)15(39)31(56-23(18)27(46)47)52-19-11(35)13(37)29(49-7(3)4)54-22(19)26(44)45/h6-23,28-39H,5H2,1-4H3,(H,40,41)(H,42,43)(H,44,45)(H,46,47)/p-4/t8?,9?,10?,11?,12?,13?,14-,15+,16-,17-,18-,19-,20?,21?,22?,23?,28+,29+,30+,31+/m0/s1. The lowest BCUT2D eigenvalue weighted by atomic mass is 9.88. The van der Waals surface area contributed by atoms with E-state index < -0.39 is 165 Å². The Morgan fingerprint density at radius 1 is 0.464 bits per heavy atom. The van der Waals surface area contributed by atoms with Crippen molar-refractivity contribution in [1.82, 2.24) is 0 Å². The van der Waals surface area contributed by atoms with Gasteiger partial charge < -0.3 is 123 Å². The molecule has 4 saturated heterocycles. The first-order valence-electron chi connectivity index (χ1n) is 17.2. The molecule has 56 heavy (non-hydrogen) atoms. The number of rotatable bonds is 15. The minimum Gasteiger partial charge on any atom is -0.547 e. The molecule has 10 unspecified atom stereocenters. The van der Waals surface area contributed by atoms with Crippen LogP contribution in [0.2, 0.25) is 0 Å². The van der Waals surface area contributed by atoms with Crippen molar-refractivity contribution >= 4 is 23.9 Å². The van der Waals surface area contributed by atoms with Gasteiger partial charge in [-0.3, -0.25) is 0 Å². The van der Waals surface area contributed by atoms with Crippen LogP contribution in [-0.2, 0) is 61.8 Å². The number of carbonyl (C=O) groups excluding carboxylic acids is 4. The van der Waals surface area contributed by atoms with Crippen LogP contribution < -0.4 is 20.4 Å². The van der Waals surface area contributed by atoms with Gasteiger partial charge in [0.05, 0.1) is 42.7 Å². The van der Waals surface area contributed by atoms with Gasteiger partial charge in [0.25, 0.3) is 0 Å². The Labute approximate surface area is 316 Å². The van der Waals surface area contributed by atoms with Crippen LogP contribution in [0.1, 0.15) is 27.7 Å². The van der Waals surface area contributed by atoms with Gasteiger partial charge in [-0.05, 0) is 27.7 Å². The smallest absolute Gasteiger partial charge is 0.187 e. The van der Waals surface area contributed by atoms with Crippen LogP contribution in [-0.4, -0.2) is 200 Å². The zero-order chi connectivity index (χ0) is 42.1. The number of aliphatic hydroxyl groups is 8. The largest absolute Gasteiger partial charge is 0.547 e. The van der Waals surface area contributed by atoms with Gasteiger partial charge >= 0.3 is 0 Å². The van der Waals surface area contributed by atoms with Crippen molar-refractivity contribution in [2.24, 2.45) is 5.92 Å². The van der Waals surface area contributed by atoms with Gasteiger partial charge in [-0.2, -0.15) is 0 Å². The highest BCUT2D eigenvalue weighted by molar-refractivity contribution is 5.72. The average Bonchev–Trinajstić information content (AvgIpc) is 3.10. The van der Waals surface area contributed by atoms with Crippen molar-refractivity contribution in [2.75, 3.05) is 6.61 Å². The number of carboxylic acid groups (broad SMARTS) is 4. The summed E-state index contributed by atoms with van der Waals surface area (Å²) in [6.45, 7) is 4.74. The maximum absolute atomic E-state index is 12.3. The van der Waals surface area contributed by atoms with E-state index in [1.54, 1.807) is 0 Å². The molecule has 4 heterocycles. The molecule has 4 rings (SSSR count). The van der Waals surface area contributed by atoms with Gasteiger partial charge in [-0.1, -0.05) is 0 Å². The fourth-order valence-electron chi connectivity index (χ4n) is 6.53.